The molecule has 1 rings (SSSR count). The summed E-state index contributed by atoms with van der Waals surface area (Å²) in [6, 6.07) is 1.61. The Labute approximate surface area is 100 Å². The summed E-state index contributed by atoms with van der Waals surface area (Å²) in [6.45, 7) is 4.42. The largest absolute Gasteiger partial charge is 0.351 e. The van der Waals surface area contributed by atoms with Crippen LogP contribution in [0.15, 0.2) is 18.5 Å². The van der Waals surface area contributed by atoms with E-state index in [2.05, 4.69) is 22.5 Å². The number of amides is 1. The summed E-state index contributed by atoms with van der Waals surface area (Å²) in [4.78, 5) is 15.5. The van der Waals surface area contributed by atoms with Crippen molar-refractivity contribution in [3.8, 4) is 0 Å². The summed E-state index contributed by atoms with van der Waals surface area (Å²) in [5.41, 5.74) is 0.465. The first-order chi connectivity index (χ1) is 7.75. The van der Waals surface area contributed by atoms with Crippen LogP contribution in [-0.2, 0) is 0 Å². The van der Waals surface area contributed by atoms with Gasteiger partial charge in [-0.25, -0.2) is 0 Å². The summed E-state index contributed by atoms with van der Waals surface area (Å²) < 4.78 is 0. The van der Waals surface area contributed by atoms with E-state index in [0.717, 1.165) is 19.5 Å². The topological polar surface area (TPSA) is 54.0 Å². The molecule has 0 atom stereocenters. The predicted octanol–water partition coefficient (Wildman–Crippen LogP) is 1.46. The van der Waals surface area contributed by atoms with Gasteiger partial charge in [0, 0.05) is 25.5 Å². The molecule has 0 aliphatic carbocycles. The van der Waals surface area contributed by atoms with Gasteiger partial charge in [0.25, 0.3) is 5.91 Å². The van der Waals surface area contributed by atoms with E-state index < -0.39 is 0 Å². The first kappa shape index (κ1) is 12.9. The number of nitrogens with zero attached hydrogens (tertiary/aromatic N) is 1. The second-order valence-corrected chi connectivity index (χ2v) is 3.77. The Morgan fingerprint density at radius 3 is 2.94 bits per heavy atom. The molecule has 0 radical (unpaired) electrons. The van der Waals surface area contributed by atoms with E-state index in [1.54, 1.807) is 12.3 Å². The molecule has 0 fully saturated rings. The molecule has 88 valence electrons. The summed E-state index contributed by atoms with van der Waals surface area (Å²) in [5.74, 6) is -0.161. The van der Waals surface area contributed by atoms with Crippen molar-refractivity contribution in [1.82, 2.24) is 15.6 Å². The first-order valence-electron chi connectivity index (χ1n) is 5.34. The lowest BCUT2D eigenvalue weighted by molar-refractivity contribution is 0.0954. The van der Waals surface area contributed by atoms with Gasteiger partial charge in [-0.05, 0) is 19.0 Å². The Bertz CT molecular complexity index is 344. The molecule has 0 aromatic carbocycles. The molecular weight excluding hydrogens is 226 g/mol. The van der Waals surface area contributed by atoms with E-state index in [9.17, 15) is 4.79 Å². The van der Waals surface area contributed by atoms with E-state index in [1.807, 2.05) is 0 Å². The van der Waals surface area contributed by atoms with E-state index in [0.29, 0.717) is 17.1 Å². The van der Waals surface area contributed by atoms with Crippen LogP contribution >= 0.6 is 11.6 Å². The highest BCUT2D eigenvalue weighted by Crippen LogP contribution is 2.12. The van der Waals surface area contributed by atoms with Crippen molar-refractivity contribution in [2.45, 2.75) is 13.3 Å². The van der Waals surface area contributed by atoms with E-state index >= 15 is 0 Å². The smallest absolute Gasteiger partial charge is 0.252 e. The fraction of sp³-hybridized carbons (Fsp3) is 0.455. The molecule has 0 bridgehead atoms. The Kier molecular flexibility index (Phi) is 5.82. The standard InChI is InChI=1S/C11H16ClN3O/c1-2-4-13-6-7-15-11(16)9-3-5-14-8-10(9)12/h3,5,8,13H,2,4,6-7H2,1H3,(H,15,16). The predicted molar refractivity (Wildman–Crippen MR) is 64.7 cm³/mol. The highest BCUT2D eigenvalue weighted by molar-refractivity contribution is 6.33. The maximum absolute atomic E-state index is 11.6. The highest BCUT2D eigenvalue weighted by Gasteiger charge is 2.08. The van der Waals surface area contributed by atoms with Gasteiger partial charge in [-0.15, -0.1) is 0 Å². The number of carbonyl (C=O) groups excluding carboxylic acids is 1. The SMILES string of the molecule is CCCNCCNC(=O)c1ccncc1Cl. The summed E-state index contributed by atoms with van der Waals surface area (Å²) in [7, 11) is 0. The number of aromatic nitrogens is 1. The second kappa shape index (κ2) is 7.19. The number of pyridine rings is 1. The molecule has 0 saturated carbocycles. The molecule has 1 heterocycles. The molecular formula is C11H16ClN3O. The monoisotopic (exact) mass is 241 g/mol. The molecule has 5 heteroatoms. The zero-order valence-corrected chi connectivity index (χ0v) is 10.0. The molecule has 0 aliphatic heterocycles. The fourth-order valence-corrected chi connectivity index (χ4v) is 1.43. The molecule has 1 amide bonds. The van der Waals surface area contributed by atoms with Crippen LogP contribution in [-0.4, -0.2) is 30.5 Å². The lowest BCUT2D eigenvalue weighted by Gasteiger charge is -2.06. The van der Waals surface area contributed by atoms with Crippen LogP contribution in [0.1, 0.15) is 23.7 Å². The van der Waals surface area contributed by atoms with Crippen molar-refractivity contribution < 1.29 is 4.79 Å². The van der Waals surface area contributed by atoms with Gasteiger partial charge < -0.3 is 10.6 Å². The van der Waals surface area contributed by atoms with Crippen LogP contribution < -0.4 is 10.6 Å². The van der Waals surface area contributed by atoms with Crippen molar-refractivity contribution >= 4 is 17.5 Å². The van der Waals surface area contributed by atoms with Crippen molar-refractivity contribution in [3.05, 3.63) is 29.0 Å². The third-order valence-corrected chi connectivity index (χ3v) is 2.33. The van der Waals surface area contributed by atoms with Crippen LogP contribution in [0.25, 0.3) is 0 Å². The summed E-state index contributed by atoms with van der Waals surface area (Å²) in [5, 5.41) is 6.36. The van der Waals surface area contributed by atoms with Gasteiger partial charge in [-0.2, -0.15) is 0 Å². The molecule has 1 aromatic rings. The maximum atomic E-state index is 11.6. The van der Waals surface area contributed by atoms with Crippen LogP contribution in [0.5, 0.6) is 0 Å². The van der Waals surface area contributed by atoms with Crippen LogP contribution in [0.3, 0.4) is 0 Å². The third kappa shape index (κ3) is 4.16. The number of carbonyl (C=O) groups is 1. The Morgan fingerprint density at radius 2 is 2.25 bits per heavy atom. The number of nitrogens with one attached hydrogen (secondary N) is 2. The van der Waals surface area contributed by atoms with E-state index in [4.69, 9.17) is 11.6 Å². The Hall–Kier alpha value is -1.13. The minimum atomic E-state index is -0.161. The van der Waals surface area contributed by atoms with Crippen LogP contribution in [0, 0.1) is 0 Å². The van der Waals surface area contributed by atoms with E-state index in [-0.39, 0.29) is 5.91 Å². The molecule has 0 unspecified atom stereocenters. The lowest BCUT2D eigenvalue weighted by Crippen LogP contribution is -2.32. The molecule has 4 nitrogen and oxygen atoms in total. The molecule has 16 heavy (non-hydrogen) atoms. The van der Waals surface area contributed by atoms with Gasteiger partial charge in [0.1, 0.15) is 0 Å². The maximum Gasteiger partial charge on any atom is 0.252 e. The Balaban J connectivity index is 2.33. The molecule has 2 N–H and O–H groups in total. The second-order valence-electron chi connectivity index (χ2n) is 3.36. The number of halogens is 1. The van der Waals surface area contributed by atoms with Crippen molar-refractivity contribution in [2.24, 2.45) is 0 Å². The normalized spacial score (nSPS) is 10.1. The minimum absolute atomic E-state index is 0.161. The van der Waals surface area contributed by atoms with E-state index in [1.165, 1.54) is 6.20 Å². The van der Waals surface area contributed by atoms with Crippen LogP contribution in [0.2, 0.25) is 5.02 Å². The average molecular weight is 242 g/mol. The number of rotatable bonds is 6. The lowest BCUT2D eigenvalue weighted by atomic mass is 10.2. The molecule has 0 saturated heterocycles. The van der Waals surface area contributed by atoms with Gasteiger partial charge in [-0.3, -0.25) is 9.78 Å². The fourth-order valence-electron chi connectivity index (χ4n) is 1.22. The van der Waals surface area contributed by atoms with Crippen LogP contribution in [0.4, 0.5) is 0 Å². The summed E-state index contributed by atoms with van der Waals surface area (Å²) in [6.07, 6.45) is 4.10. The number of hydrogen-bond acceptors (Lipinski definition) is 3. The third-order valence-electron chi connectivity index (χ3n) is 2.03. The first-order valence-corrected chi connectivity index (χ1v) is 5.72. The van der Waals surface area contributed by atoms with Gasteiger partial charge in [0.15, 0.2) is 0 Å². The van der Waals surface area contributed by atoms with Crippen molar-refractivity contribution in [1.29, 1.82) is 0 Å². The summed E-state index contributed by atoms with van der Waals surface area (Å²) >= 11 is 5.84. The highest BCUT2D eigenvalue weighted by atomic mass is 35.5. The average Bonchev–Trinajstić information content (AvgIpc) is 2.29. The minimum Gasteiger partial charge on any atom is -0.351 e. The van der Waals surface area contributed by atoms with Crippen molar-refractivity contribution in [3.63, 3.8) is 0 Å². The molecule has 0 aliphatic rings. The number of hydrogen-bond donors (Lipinski definition) is 2. The molecule has 1 aromatic heterocycles. The zero-order chi connectivity index (χ0) is 11.8. The zero-order valence-electron chi connectivity index (χ0n) is 9.29. The van der Waals surface area contributed by atoms with Crippen molar-refractivity contribution in [2.75, 3.05) is 19.6 Å². The quantitative estimate of drug-likeness (QED) is 0.742. The van der Waals surface area contributed by atoms with Gasteiger partial charge in [0.05, 0.1) is 10.6 Å². The Morgan fingerprint density at radius 1 is 1.44 bits per heavy atom. The van der Waals surface area contributed by atoms with Gasteiger partial charge in [-0.1, -0.05) is 18.5 Å². The molecule has 0 spiro atoms. The van der Waals surface area contributed by atoms with Gasteiger partial charge in [0.2, 0.25) is 0 Å². The van der Waals surface area contributed by atoms with Gasteiger partial charge >= 0.3 is 0 Å².